The fourth-order valence-electron chi connectivity index (χ4n) is 7.32. The lowest BCUT2D eigenvalue weighted by molar-refractivity contribution is -0.000509. The van der Waals surface area contributed by atoms with Crippen molar-refractivity contribution >= 4 is 63.5 Å². The van der Waals surface area contributed by atoms with Crippen LogP contribution in [0.25, 0.3) is 10.4 Å². The van der Waals surface area contributed by atoms with Crippen molar-refractivity contribution in [2.24, 2.45) is 5.41 Å². The first-order chi connectivity index (χ1) is 25.2. The Labute approximate surface area is 309 Å². The lowest BCUT2D eigenvalue weighted by atomic mass is 9.73. The van der Waals surface area contributed by atoms with Gasteiger partial charge >= 0.3 is 0 Å². The van der Waals surface area contributed by atoms with Gasteiger partial charge < -0.3 is 25.2 Å². The molecule has 2 fully saturated rings. The number of para-hydroxylation sites is 2. The molecular formula is C40H35ClFN5O4S. The van der Waals surface area contributed by atoms with Crippen molar-refractivity contribution in [3.8, 4) is 10.4 Å². The Kier molecular flexibility index (Phi) is 9.02. The van der Waals surface area contributed by atoms with Gasteiger partial charge in [-0.1, -0.05) is 41.9 Å². The van der Waals surface area contributed by atoms with Gasteiger partial charge in [0.1, 0.15) is 11.6 Å². The molecular weight excluding hydrogens is 701 g/mol. The van der Waals surface area contributed by atoms with Crippen molar-refractivity contribution in [3.05, 3.63) is 123 Å². The topological polar surface area (TPSA) is 104 Å². The summed E-state index contributed by atoms with van der Waals surface area (Å²) in [7, 11) is 0. The molecule has 3 amide bonds. The van der Waals surface area contributed by atoms with Gasteiger partial charge in [-0.3, -0.25) is 14.4 Å². The zero-order valence-electron chi connectivity index (χ0n) is 28.4. The predicted octanol–water partition coefficient (Wildman–Crippen LogP) is 8.24. The number of hydrogen-bond acceptors (Lipinski definition) is 7. The standard InChI is InChI=1S/C40H35ClFN5O4S/c1-24-5-4-7-31(42)34(24)45-38(49)33-19-26-13-16-47(32-8-3-2-6-29(32)35(26)52-33)39(50)25-9-11-28(12-10-25)44-37(48)30-20-27(41)21-43-36(30)46-22-40(23-46)14-17-51-18-15-40/h2-12,19-21H,13-18,22-23H2,1H3,(H,44,48)(H,45,49). The first kappa shape index (κ1) is 34.0. The molecule has 52 heavy (non-hydrogen) atoms. The normalized spacial score (nSPS) is 16.0. The van der Waals surface area contributed by atoms with Crippen LogP contribution in [-0.4, -0.2) is 55.6 Å². The molecule has 5 aromatic rings. The molecule has 8 rings (SSSR count). The summed E-state index contributed by atoms with van der Waals surface area (Å²) >= 11 is 7.61. The molecule has 3 aliphatic rings. The largest absolute Gasteiger partial charge is 0.381 e. The second-order valence-corrected chi connectivity index (χ2v) is 15.1. The number of anilines is 4. The van der Waals surface area contributed by atoms with Crippen LogP contribution in [0.4, 0.5) is 27.3 Å². The third-order valence-corrected chi connectivity index (χ3v) is 11.6. The van der Waals surface area contributed by atoms with Crippen molar-refractivity contribution in [3.63, 3.8) is 0 Å². The smallest absolute Gasteiger partial charge is 0.265 e. The minimum absolute atomic E-state index is 0.167. The molecule has 9 nitrogen and oxygen atoms in total. The summed E-state index contributed by atoms with van der Waals surface area (Å²) in [5.74, 6) is -0.779. The van der Waals surface area contributed by atoms with Crippen LogP contribution < -0.4 is 20.4 Å². The lowest BCUT2D eigenvalue weighted by Gasteiger charge is -2.53. The Hall–Kier alpha value is -5.10. The first-order valence-electron chi connectivity index (χ1n) is 17.2. The first-order valence-corrected chi connectivity index (χ1v) is 18.4. The maximum absolute atomic E-state index is 14.5. The van der Waals surface area contributed by atoms with Crippen molar-refractivity contribution in [1.29, 1.82) is 0 Å². The summed E-state index contributed by atoms with van der Waals surface area (Å²) in [4.78, 5) is 50.5. The van der Waals surface area contributed by atoms with E-state index >= 15 is 0 Å². The van der Waals surface area contributed by atoms with Gasteiger partial charge in [-0.25, -0.2) is 9.37 Å². The third-order valence-electron chi connectivity index (χ3n) is 10.2. The molecule has 264 valence electrons. The van der Waals surface area contributed by atoms with Crippen LogP contribution in [0.1, 0.15) is 54.4 Å². The second-order valence-electron chi connectivity index (χ2n) is 13.6. The summed E-state index contributed by atoms with van der Waals surface area (Å²) in [6, 6.07) is 22.6. The molecule has 0 bridgehead atoms. The molecule has 0 radical (unpaired) electrons. The Bertz CT molecular complexity index is 2190. The number of carbonyl (C=O) groups excluding carboxylic acids is 3. The molecule has 0 aliphatic carbocycles. The number of nitrogens with one attached hydrogen (secondary N) is 2. The lowest BCUT2D eigenvalue weighted by Crippen LogP contribution is -2.59. The van der Waals surface area contributed by atoms with Crippen molar-refractivity contribution in [2.75, 3.05) is 53.3 Å². The van der Waals surface area contributed by atoms with E-state index in [-0.39, 0.29) is 28.8 Å². The van der Waals surface area contributed by atoms with Gasteiger partial charge in [0, 0.05) is 66.2 Å². The number of aryl methyl sites for hydroxylation is 1. The Balaban J connectivity index is 0.976. The van der Waals surface area contributed by atoms with Crippen LogP contribution in [0, 0.1) is 18.2 Å². The van der Waals surface area contributed by atoms with E-state index in [9.17, 15) is 18.8 Å². The van der Waals surface area contributed by atoms with Crippen LogP contribution in [0.5, 0.6) is 0 Å². The van der Waals surface area contributed by atoms with E-state index in [1.807, 2.05) is 30.3 Å². The van der Waals surface area contributed by atoms with Crippen LogP contribution in [0.2, 0.25) is 5.02 Å². The van der Waals surface area contributed by atoms with Crippen molar-refractivity contribution in [2.45, 2.75) is 26.2 Å². The molecule has 5 heterocycles. The number of rotatable bonds is 6. The Morgan fingerprint density at radius 1 is 0.942 bits per heavy atom. The molecule has 2 N–H and O–H groups in total. The summed E-state index contributed by atoms with van der Waals surface area (Å²) < 4.78 is 20.0. The average Bonchev–Trinajstić information content (AvgIpc) is 3.51. The van der Waals surface area contributed by atoms with E-state index in [1.54, 1.807) is 60.5 Å². The zero-order chi connectivity index (χ0) is 36.0. The number of amides is 3. The number of fused-ring (bicyclic) bond motifs is 3. The van der Waals surface area contributed by atoms with Gasteiger partial charge in [0.15, 0.2) is 0 Å². The molecule has 2 aromatic heterocycles. The number of ether oxygens (including phenoxy) is 1. The van der Waals surface area contributed by atoms with Gasteiger partial charge in [0.2, 0.25) is 0 Å². The van der Waals surface area contributed by atoms with Gasteiger partial charge in [-0.15, -0.1) is 11.3 Å². The maximum Gasteiger partial charge on any atom is 0.265 e. The summed E-state index contributed by atoms with van der Waals surface area (Å²) in [6.45, 7) is 5.29. The van der Waals surface area contributed by atoms with Gasteiger partial charge in [-0.05, 0) is 85.8 Å². The number of aromatic nitrogens is 1. The maximum atomic E-state index is 14.5. The summed E-state index contributed by atoms with van der Waals surface area (Å²) in [5.41, 5.74) is 4.92. The van der Waals surface area contributed by atoms with Crippen LogP contribution in [-0.2, 0) is 11.2 Å². The highest BCUT2D eigenvalue weighted by Gasteiger charge is 2.45. The molecule has 2 saturated heterocycles. The Morgan fingerprint density at radius 3 is 2.48 bits per heavy atom. The number of pyridine rings is 1. The van der Waals surface area contributed by atoms with Crippen molar-refractivity contribution < 1.29 is 23.5 Å². The van der Waals surface area contributed by atoms with Gasteiger partial charge in [-0.2, -0.15) is 0 Å². The van der Waals surface area contributed by atoms with E-state index in [0.29, 0.717) is 51.1 Å². The van der Waals surface area contributed by atoms with Crippen LogP contribution >= 0.6 is 22.9 Å². The molecule has 3 aromatic carbocycles. The van der Waals surface area contributed by atoms with E-state index in [4.69, 9.17) is 16.3 Å². The van der Waals surface area contributed by atoms with Gasteiger partial charge in [0.25, 0.3) is 17.7 Å². The highest BCUT2D eigenvalue weighted by atomic mass is 35.5. The monoisotopic (exact) mass is 735 g/mol. The SMILES string of the molecule is Cc1cccc(F)c1NC(=O)c1cc2c(s1)-c1ccccc1N(C(=O)c1ccc(NC(=O)c3cc(Cl)cnc3N3CC4(CCOCC4)C3)cc1)CC2. The number of carbonyl (C=O) groups is 3. The molecule has 3 aliphatic heterocycles. The number of thiophene rings is 1. The Morgan fingerprint density at radius 2 is 1.71 bits per heavy atom. The third kappa shape index (κ3) is 6.44. The highest BCUT2D eigenvalue weighted by Crippen LogP contribution is 2.44. The summed E-state index contributed by atoms with van der Waals surface area (Å²) in [6.07, 6.45) is 4.08. The molecule has 0 unspecified atom stereocenters. The molecule has 1 spiro atoms. The zero-order valence-corrected chi connectivity index (χ0v) is 30.0. The minimum atomic E-state index is -0.486. The number of benzene rings is 3. The minimum Gasteiger partial charge on any atom is -0.381 e. The molecule has 12 heteroatoms. The fraction of sp³-hybridized carbons (Fsp3) is 0.250. The molecule has 0 atom stereocenters. The summed E-state index contributed by atoms with van der Waals surface area (Å²) in [5, 5.41) is 6.06. The predicted molar refractivity (Wildman–Crippen MR) is 203 cm³/mol. The van der Waals surface area contributed by atoms with Gasteiger partial charge in [0.05, 0.1) is 26.8 Å². The molecule has 0 saturated carbocycles. The second kappa shape index (κ2) is 13.8. The van der Waals surface area contributed by atoms with Crippen LogP contribution in [0.3, 0.4) is 0 Å². The fourth-order valence-corrected chi connectivity index (χ4v) is 8.62. The number of nitrogens with zero attached hydrogens (tertiary/aromatic N) is 3. The average molecular weight is 736 g/mol. The number of halogens is 2. The van der Waals surface area contributed by atoms with E-state index in [1.165, 1.54) is 17.4 Å². The quantitative estimate of drug-likeness (QED) is 0.182. The van der Waals surface area contributed by atoms with E-state index in [2.05, 4.69) is 20.5 Å². The van der Waals surface area contributed by atoms with E-state index < -0.39 is 5.82 Å². The highest BCUT2D eigenvalue weighted by molar-refractivity contribution is 7.17. The van der Waals surface area contributed by atoms with E-state index in [0.717, 1.165) is 60.8 Å². The van der Waals surface area contributed by atoms with Crippen molar-refractivity contribution in [1.82, 2.24) is 4.98 Å². The number of hydrogen-bond donors (Lipinski definition) is 2. The van der Waals surface area contributed by atoms with Crippen LogP contribution in [0.15, 0.2) is 85.1 Å².